The molecule has 0 atom stereocenters. The van der Waals surface area contributed by atoms with E-state index in [0.29, 0.717) is 19.5 Å². The molecule has 1 N–H and O–H groups in total. The van der Waals surface area contributed by atoms with Crippen LogP contribution >= 0.6 is 0 Å². The second-order valence-electron chi connectivity index (χ2n) is 9.12. The van der Waals surface area contributed by atoms with Crippen molar-refractivity contribution in [3.05, 3.63) is 60.0 Å². The molecule has 1 saturated heterocycles. The predicted octanol–water partition coefficient (Wildman–Crippen LogP) is 3.06. The molecule has 3 heterocycles. The summed E-state index contributed by atoms with van der Waals surface area (Å²) in [5.74, 6) is -0.214. The number of carbonyl (C=O) groups excluding carboxylic acids is 2. The van der Waals surface area contributed by atoms with Gasteiger partial charge in [-0.3, -0.25) is 14.6 Å². The standard InChI is InChI=1S/C24H28N7O2/c1-16-13-17(19-10-11-25-15-20(19)30-12-6-5-7-21(30)32)8-9-18(16)14-26-23(33)22-27-29-31(28-22)24(2,3)4/h6,8-11,13,15H,5,7,12,14H2,1-4H3,(H,26,33). The van der Waals surface area contributed by atoms with Gasteiger partial charge in [0.25, 0.3) is 11.7 Å². The van der Waals surface area contributed by atoms with E-state index < -0.39 is 0 Å². The number of anilines is 1. The van der Waals surface area contributed by atoms with E-state index in [1.54, 1.807) is 17.3 Å². The molecule has 2 aromatic heterocycles. The highest BCUT2D eigenvalue weighted by atomic mass is 16.2. The quantitative estimate of drug-likeness (QED) is 0.646. The third-order valence-electron chi connectivity index (χ3n) is 5.58. The van der Waals surface area contributed by atoms with E-state index in [9.17, 15) is 9.59 Å². The van der Waals surface area contributed by atoms with Crippen molar-refractivity contribution >= 4 is 17.5 Å². The third-order valence-corrected chi connectivity index (χ3v) is 5.58. The van der Waals surface area contributed by atoms with Crippen molar-refractivity contribution in [3.8, 4) is 11.1 Å². The van der Waals surface area contributed by atoms with E-state index in [-0.39, 0.29) is 23.2 Å². The summed E-state index contributed by atoms with van der Waals surface area (Å²) in [5, 5.41) is 14.9. The van der Waals surface area contributed by atoms with Crippen LogP contribution in [-0.4, -0.2) is 43.6 Å². The summed E-state index contributed by atoms with van der Waals surface area (Å²) < 4.78 is 0. The van der Waals surface area contributed by atoms with E-state index in [0.717, 1.165) is 34.4 Å². The number of rotatable bonds is 5. The number of piperidine rings is 1. The molecule has 1 aliphatic heterocycles. The zero-order valence-electron chi connectivity index (χ0n) is 19.4. The lowest BCUT2D eigenvalue weighted by molar-refractivity contribution is -0.119. The van der Waals surface area contributed by atoms with Gasteiger partial charge >= 0.3 is 0 Å². The molecule has 0 saturated carbocycles. The Morgan fingerprint density at radius 3 is 2.73 bits per heavy atom. The number of hydrogen-bond acceptors (Lipinski definition) is 6. The molecule has 1 radical (unpaired) electrons. The maximum Gasteiger partial charge on any atom is 0.293 e. The van der Waals surface area contributed by atoms with Crippen molar-refractivity contribution < 1.29 is 9.59 Å². The number of benzene rings is 1. The lowest BCUT2D eigenvalue weighted by Gasteiger charge is -2.28. The molecule has 1 aliphatic rings. The van der Waals surface area contributed by atoms with Crippen LogP contribution in [-0.2, 0) is 16.9 Å². The Labute approximate surface area is 193 Å². The molecule has 9 heteroatoms. The first-order valence-corrected chi connectivity index (χ1v) is 11.0. The summed E-state index contributed by atoms with van der Waals surface area (Å²) in [6.07, 6.45) is 6.92. The van der Waals surface area contributed by atoms with Gasteiger partial charge in [0.2, 0.25) is 5.91 Å². The van der Waals surface area contributed by atoms with Gasteiger partial charge in [-0.1, -0.05) is 18.2 Å². The van der Waals surface area contributed by atoms with Gasteiger partial charge in [-0.25, -0.2) is 0 Å². The topological polar surface area (TPSA) is 106 Å². The SMILES string of the molecule is Cc1cc(-c2ccncc2N2C[CH]CCC2=O)ccc1CNC(=O)c1nnn(C(C)(C)C)n1. The van der Waals surface area contributed by atoms with Crippen molar-refractivity contribution in [1.82, 2.24) is 30.5 Å². The largest absolute Gasteiger partial charge is 0.345 e. The maximum absolute atomic E-state index is 12.5. The number of tetrazole rings is 1. The molecule has 0 bridgehead atoms. The van der Waals surface area contributed by atoms with Crippen LogP contribution in [0.3, 0.4) is 0 Å². The van der Waals surface area contributed by atoms with Gasteiger partial charge < -0.3 is 10.2 Å². The third kappa shape index (κ3) is 4.92. The number of carbonyl (C=O) groups is 2. The molecule has 0 aliphatic carbocycles. The maximum atomic E-state index is 12.5. The number of aryl methyl sites for hydroxylation is 1. The lowest BCUT2D eigenvalue weighted by Crippen LogP contribution is -2.35. The van der Waals surface area contributed by atoms with E-state index >= 15 is 0 Å². The highest BCUT2D eigenvalue weighted by Gasteiger charge is 2.23. The molecular weight excluding hydrogens is 418 g/mol. The first kappa shape index (κ1) is 22.6. The Morgan fingerprint density at radius 1 is 1.21 bits per heavy atom. The van der Waals surface area contributed by atoms with E-state index in [1.807, 2.05) is 45.9 Å². The Bertz CT molecular complexity index is 1180. The fourth-order valence-electron chi connectivity index (χ4n) is 3.67. The average Bonchev–Trinajstić information content (AvgIpc) is 3.30. The second-order valence-corrected chi connectivity index (χ2v) is 9.12. The van der Waals surface area contributed by atoms with Crippen LogP contribution in [0.15, 0.2) is 36.7 Å². The minimum atomic E-state index is -0.370. The van der Waals surface area contributed by atoms with Crippen molar-refractivity contribution in [3.63, 3.8) is 0 Å². The number of pyridine rings is 1. The zero-order valence-corrected chi connectivity index (χ0v) is 19.4. The number of aromatic nitrogens is 5. The van der Waals surface area contributed by atoms with Crippen LogP contribution in [0.5, 0.6) is 0 Å². The molecular formula is C24H28N7O2. The molecule has 171 valence electrons. The Balaban J connectivity index is 1.50. The van der Waals surface area contributed by atoms with Gasteiger partial charge in [0.1, 0.15) is 0 Å². The summed E-state index contributed by atoms with van der Waals surface area (Å²) in [7, 11) is 0. The lowest BCUT2D eigenvalue weighted by atomic mass is 9.98. The Morgan fingerprint density at radius 2 is 2.03 bits per heavy atom. The summed E-state index contributed by atoms with van der Waals surface area (Å²) in [6, 6.07) is 7.97. The summed E-state index contributed by atoms with van der Waals surface area (Å²) in [4.78, 5) is 32.4. The molecule has 1 aromatic carbocycles. The summed E-state index contributed by atoms with van der Waals surface area (Å²) in [5.41, 5.74) is 4.42. The fraction of sp³-hybridized carbons (Fsp3) is 0.375. The van der Waals surface area contributed by atoms with Gasteiger partial charge in [-0.05, 0) is 68.5 Å². The smallest absolute Gasteiger partial charge is 0.293 e. The van der Waals surface area contributed by atoms with Gasteiger partial charge in [-0.15, -0.1) is 10.2 Å². The number of nitrogens with one attached hydrogen (secondary N) is 1. The van der Waals surface area contributed by atoms with Gasteiger partial charge in [0, 0.05) is 31.3 Å². The van der Waals surface area contributed by atoms with Crippen molar-refractivity contribution in [2.24, 2.45) is 0 Å². The Kier molecular flexibility index (Phi) is 6.22. The second kappa shape index (κ2) is 9.09. The molecule has 0 spiro atoms. The van der Waals surface area contributed by atoms with Crippen LogP contribution in [0.25, 0.3) is 11.1 Å². The van der Waals surface area contributed by atoms with Crippen molar-refractivity contribution in [1.29, 1.82) is 0 Å². The molecule has 4 rings (SSSR count). The highest BCUT2D eigenvalue weighted by molar-refractivity contribution is 5.98. The van der Waals surface area contributed by atoms with Crippen molar-refractivity contribution in [2.45, 2.75) is 52.6 Å². The number of hydrogen-bond donors (Lipinski definition) is 1. The number of amides is 2. The normalized spacial score (nSPS) is 14.4. The average molecular weight is 447 g/mol. The minimum Gasteiger partial charge on any atom is -0.345 e. The zero-order chi connectivity index (χ0) is 23.6. The first-order valence-electron chi connectivity index (χ1n) is 11.0. The Hall–Kier alpha value is -3.62. The summed E-state index contributed by atoms with van der Waals surface area (Å²) >= 11 is 0. The van der Waals surface area contributed by atoms with E-state index in [4.69, 9.17) is 0 Å². The van der Waals surface area contributed by atoms with Gasteiger partial charge in [-0.2, -0.15) is 4.80 Å². The molecule has 33 heavy (non-hydrogen) atoms. The monoisotopic (exact) mass is 446 g/mol. The summed E-state index contributed by atoms with van der Waals surface area (Å²) in [6.45, 7) is 8.75. The fourth-order valence-corrected chi connectivity index (χ4v) is 3.67. The molecule has 2 amide bonds. The first-order chi connectivity index (χ1) is 15.7. The van der Waals surface area contributed by atoms with Crippen LogP contribution < -0.4 is 10.2 Å². The van der Waals surface area contributed by atoms with E-state index in [1.165, 1.54) is 4.80 Å². The number of nitrogens with zero attached hydrogens (tertiary/aromatic N) is 6. The van der Waals surface area contributed by atoms with Crippen LogP contribution in [0, 0.1) is 13.3 Å². The van der Waals surface area contributed by atoms with E-state index in [2.05, 4.69) is 38.2 Å². The van der Waals surface area contributed by atoms with Crippen LogP contribution in [0.1, 0.15) is 55.4 Å². The van der Waals surface area contributed by atoms with Crippen LogP contribution in [0.2, 0.25) is 0 Å². The highest BCUT2D eigenvalue weighted by Crippen LogP contribution is 2.33. The predicted molar refractivity (Wildman–Crippen MR) is 124 cm³/mol. The molecule has 0 unspecified atom stereocenters. The molecule has 3 aromatic rings. The van der Waals surface area contributed by atoms with Gasteiger partial charge in [0.05, 0.1) is 17.4 Å². The van der Waals surface area contributed by atoms with Crippen molar-refractivity contribution in [2.75, 3.05) is 11.4 Å². The van der Waals surface area contributed by atoms with Crippen LogP contribution in [0.4, 0.5) is 5.69 Å². The molecule has 9 nitrogen and oxygen atoms in total. The molecule has 1 fully saturated rings. The van der Waals surface area contributed by atoms with Gasteiger partial charge in [0.15, 0.2) is 0 Å². The minimum absolute atomic E-state index is 0.0450.